The van der Waals surface area contributed by atoms with Crippen molar-refractivity contribution in [3.05, 3.63) is 68.0 Å². The first kappa shape index (κ1) is 18.4. The van der Waals surface area contributed by atoms with Crippen LogP contribution in [0.1, 0.15) is 34.1 Å². The van der Waals surface area contributed by atoms with Crippen LogP contribution in [-0.2, 0) is 9.53 Å². The Labute approximate surface area is 169 Å². The Morgan fingerprint density at radius 3 is 2.70 bits per heavy atom. The third-order valence-electron chi connectivity index (χ3n) is 4.90. The molecule has 0 bridgehead atoms. The molecule has 1 saturated heterocycles. The van der Waals surface area contributed by atoms with E-state index in [2.05, 4.69) is 15.9 Å². The lowest BCUT2D eigenvalue weighted by Gasteiger charge is -2.28. The lowest BCUT2D eigenvalue weighted by Crippen LogP contribution is -2.37. The van der Waals surface area contributed by atoms with Gasteiger partial charge in [-0.25, -0.2) is 0 Å². The van der Waals surface area contributed by atoms with Gasteiger partial charge >= 0.3 is 0 Å². The molecule has 2 unspecified atom stereocenters. The normalized spacial score (nSPS) is 22.7. The second-order valence-electron chi connectivity index (χ2n) is 6.62. The molecular formula is C20H18BrNO4S. The Hall–Kier alpha value is -1.96. The molecule has 5 nitrogen and oxygen atoms in total. The highest BCUT2D eigenvalue weighted by Gasteiger charge is 2.44. The Morgan fingerprint density at radius 1 is 1.30 bits per heavy atom. The van der Waals surface area contributed by atoms with Gasteiger partial charge in [-0.1, -0.05) is 34.1 Å². The van der Waals surface area contributed by atoms with Gasteiger partial charge in [-0.2, -0.15) is 0 Å². The maximum absolute atomic E-state index is 13.1. The van der Waals surface area contributed by atoms with Gasteiger partial charge in [0, 0.05) is 17.6 Å². The third-order valence-corrected chi connectivity index (χ3v) is 6.30. The number of ketones is 1. The molecule has 27 heavy (non-hydrogen) atoms. The maximum Gasteiger partial charge on any atom is 0.290 e. The van der Waals surface area contributed by atoms with E-state index in [1.54, 1.807) is 22.4 Å². The Bertz CT molecular complexity index is 885. The molecule has 7 heteroatoms. The van der Waals surface area contributed by atoms with Crippen molar-refractivity contribution in [1.82, 2.24) is 4.90 Å². The van der Waals surface area contributed by atoms with Crippen LogP contribution in [0, 0.1) is 0 Å². The average Bonchev–Trinajstić information content (AvgIpc) is 3.41. The summed E-state index contributed by atoms with van der Waals surface area (Å²) in [5, 5.41) is 12.4. The second kappa shape index (κ2) is 7.58. The van der Waals surface area contributed by atoms with Crippen molar-refractivity contribution in [2.75, 3.05) is 13.2 Å². The minimum absolute atomic E-state index is 0.0733. The average molecular weight is 448 g/mol. The molecule has 1 aromatic heterocycles. The minimum atomic E-state index is -0.621. The van der Waals surface area contributed by atoms with Crippen LogP contribution in [0.25, 0.3) is 0 Å². The van der Waals surface area contributed by atoms with Gasteiger partial charge in [0.1, 0.15) is 0 Å². The monoisotopic (exact) mass is 447 g/mol. The van der Waals surface area contributed by atoms with E-state index in [4.69, 9.17) is 4.74 Å². The van der Waals surface area contributed by atoms with Crippen LogP contribution >= 0.6 is 27.3 Å². The molecule has 0 spiro atoms. The highest BCUT2D eigenvalue weighted by Crippen LogP contribution is 2.40. The first-order chi connectivity index (χ1) is 13.1. The van der Waals surface area contributed by atoms with E-state index in [1.165, 1.54) is 11.3 Å². The first-order valence-corrected chi connectivity index (χ1v) is 10.4. The predicted octanol–water partition coefficient (Wildman–Crippen LogP) is 4.27. The third kappa shape index (κ3) is 3.47. The molecule has 1 aromatic carbocycles. The van der Waals surface area contributed by atoms with Gasteiger partial charge in [0.05, 0.1) is 22.6 Å². The summed E-state index contributed by atoms with van der Waals surface area (Å²) in [6.07, 6.45) is 1.75. The van der Waals surface area contributed by atoms with Gasteiger partial charge < -0.3 is 14.7 Å². The number of aliphatic hydroxyl groups is 1. The van der Waals surface area contributed by atoms with E-state index in [0.717, 1.165) is 22.9 Å². The van der Waals surface area contributed by atoms with Crippen molar-refractivity contribution >= 4 is 39.0 Å². The van der Waals surface area contributed by atoms with Crippen LogP contribution in [0.3, 0.4) is 0 Å². The zero-order chi connectivity index (χ0) is 19.0. The summed E-state index contributed by atoms with van der Waals surface area (Å²) in [6.45, 7) is 1.03. The summed E-state index contributed by atoms with van der Waals surface area (Å²) >= 11 is 4.71. The smallest absolute Gasteiger partial charge is 0.290 e. The van der Waals surface area contributed by atoms with Gasteiger partial charge in [0.15, 0.2) is 5.76 Å². The minimum Gasteiger partial charge on any atom is -0.503 e. The maximum atomic E-state index is 13.1. The fraction of sp³-hybridized carbons (Fsp3) is 0.300. The van der Waals surface area contributed by atoms with Crippen molar-refractivity contribution in [3.63, 3.8) is 0 Å². The number of aliphatic hydroxyl groups excluding tert-OH is 1. The van der Waals surface area contributed by atoms with E-state index in [1.807, 2.05) is 24.3 Å². The fourth-order valence-corrected chi connectivity index (χ4v) is 4.56. The van der Waals surface area contributed by atoms with Crippen molar-refractivity contribution in [2.24, 2.45) is 0 Å². The number of benzene rings is 1. The molecule has 2 aliphatic heterocycles. The Morgan fingerprint density at radius 2 is 2.07 bits per heavy atom. The predicted molar refractivity (Wildman–Crippen MR) is 106 cm³/mol. The number of rotatable bonds is 5. The summed E-state index contributed by atoms with van der Waals surface area (Å²) in [6, 6.07) is 10.3. The number of hydrogen-bond donors (Lipinski definition) is 1. The number of amides is 1. The molecule has 1 fully saturated rings. The number of thiophene rings is 1. The highest BCUT2D eigenvalue weighted by atomic mass is 79.9. The summed E-state index contributed by atoms with van der Waals surface area (Å²) < 4.78 is 6.59. The number of ether oxygens (including phenoxy) is 1. The fourth-order valence-electron chi connectivity index (χ4n) is 3.61. The highest BCUT2D eigenvalue weighted by molar-refractivity contribution is 9.10. The van der Waals surface area contributed by atoms with E-state index in [0.29, 0.717) is 18.0 Å². The van der Waals surface area contributed by atoms with Crippen LogP contribution in [0.5, 0.6) is 0 Å². The molecule has 0 aliphatic carbocycles. The number of nitrogens with zero attached hydrogens (tertiary/aromatic N) is 1. The molecule has 4 rings (SSSR count). The first-order valence-electron chi connectivity index (χ1n) is 8.75. The van der Waals surface area contributed by atoms with Gasteiger partial charge in [-0.3, -0.25) is 9.59 Å². The molecule has 140 valence electrons. The molecule has 2 atom stereocenters. The molecule has 1 N–H and O–H groups in total. The zero-order valence-electron chi connectivity index (χ0n) is 14.4. The van der Waals surface area contributed by atoms with E-state index < -0.39 is 17.7 Å². The molecule has 0 saturated carbocycles. The van der Waals surface area contributed by atoms with Crippen LogP contribution in [0.2, 0.25) is 0 Å². The molecule has 3 heterocycles. The number of Topliss-reactive ketones (excluding diaryl/α,β-unsaturated/α-hetero) is 1. The number of halogens is 1. The topological polar surface area (TPSA) is 66.8 Å². The zero-order valence-corrected chi connectivity index (χ0v) is 16.8. The van der Waals surface area contributed by atoms with Crippen molar-refractivity contribution in [3.8, 4) is 0 Å². The lowest BCUT2D eigenvalue weighted by atomic mass is 9.95. The van der Waals surface area contributed by atoms with Crippen LogP contribution in [-0.4, -0.2) is 41.0 Å². The summed E-state index contributed by atoms with van der Waals surface area (Å²) in [5.74, 6) is -1.28. The van der Waals surface area contributed by atoms with Crippen LogP contribution in [0.4, 0.5) is 0 Å². The van der Waals surface area contributed by atoms with Crippen LogP contribution in [0.15, 0.2) is 57.6 Å². The van der Waals surface area contributed by atoms with Crippen molar-refractivity contribution < 1.29 is 19.4 Å². The standard InChI is InChI=1S/C20H18BrNO4S/c21-13-7-5-12(6-8-13)17-16(18(23)15-4-2-10-27-15)19(24)20(25)22(17)11-14-3-1-9-26-14/h2,4-8,10,14,17,24H,1,3,9,11H2. The quantitative estimate of drug-likeness (QED) is 0.694. The Balaban J connectivity index is 1.75. The molecule has 2 aliphatic rings. The lowest BCUT2D eigenvalue weighted by molar-refractivity contribution is -0.131. The molecule has 2 aromatic rings. The largest absolute Gasteiger partial charge is 0.503 e. The van der Waals surface area contributed by atoms with Gasteiger partial charge in [0.25, 0.3) is 5.91 Å². The van der Waals surface area contributed by atoms with E-state index in [9.17, 15) is 14.7 Å². The molecular weight excluding hydrogens is 430 g/mol. The summed E-state index contributed by atoms with van der Waals surface area (Å²) in [7, 11) is 0. The molecule has 0 radical (unpaired) electrons. The van der Waals surface area contributed by atoms with Gasteiger partial charge in [-0.05, 0) is 42.0 Å². The van der Waals surface area contributed by atoms with Crippen molar-refractivity contribution in [2.45, 2.75) is 25.0 Å². The summed E-state index contributed by atoms with van der Waals surface area (Å²) in [5.41, 5.74) is 0.927. The summed E-state index contributed by atoms with van der Waals surface area (Å²) in [4.78, 5) is 28.0. The van der Waals surface area contributed by atoms with Crippen LogP contribution < -0.4 is 0 Å². The number of hydrogen-bond acceptors (Lipinski definition) is 5. The number of carbonyl (C=O) groups is 2. The van der Waals surface area contributed by atoms with Gasteiger partial charge in [-0.15, -0.1) is 11.3 Å². The SMILES string of the molecule is O=C(C1=C(O)C(=O)N(CC2CCCO2)C1c1ccc(Br)cc1)c1cccs1. The van der Waals surface area contributed by atoms with Gasteiger partial charge in [0.2, 0.25) is 5.78 Å². The Kier molecular flexibility index (Phi) is 5.16. The second-order valence-corrected chi connectivity index (χ2v) is 8.48. The van der Waals surface area contributed by atoms with E-state index >= 15 is 0 Å². The number of carbonyl (C=O) groups excluding carboxylic acids is 2. The molecule has 1 amide bonds. The van der Waals surface area contributed by atoms with E-state index in [-0.39, 0.29) is 17.5 Å². The van der Waals surface area contributed by atoms with Crippen molar-refractivity contribution in [1.29, 1.82) is 0 Å².